The van der Waals surface area contributed by atoms with Crippen LogP contribution in [0.3, 0.4) is 0 Å². The molecule has 0 bridgehead atoms. The summed E-state index contributed by atoms with van der Waals surface area (Å²) in [7, 11) is 0. The van der Waals surface area contributed by atoms with Crippen molar-refractivity contribution in [3.8, 4) is 0 Å². The van der Waals surface area contributed by atoms with E-state index in [-0.39, 0.29) is 5.92 Å². The Bertz CT molecular complexity index is 484. The number of ether oxygens (including phenoxy) is 1. The van der Waals surface area contributed by atoms with Gasteiger partial charge in [-0.3, -0.25) is 0 Å². The van der Waals surface area contributed by atoms with Crippen LogP contribution >= 0.6 is 15.9 Å². The van der Waals surface area contributed by atoms with Crippen molar-refractivity contribution in [2.45, 2.75) is 12.5 Å². The molecule has 0 amide bonds. The Morgan fingerprint density at radius 3 is 2.32 bits per heavy atom. The molecule has 0 spiro atoms. The molecule has 0 aromatic heterocycles. The summed E-state index contributed by atoms with van der Waals surface area (Å²) in [4.78, 5) is 0. The van der Waals surface area contributed by atoms with E-state index in [9.17, 15) is 0 Å². The van der Waals surface area contributed by atoms with Gasteiger partial charge in [0.05, 0.1) is 13.2 Å². The van der Waals surface area contributed by atoms with Crippen LogP contribution in [0.25, 0.3) is 0 Å². The van der Waals surface area contributed by atoms with Gasteiger partial charge in [0, 0.05) is 16.9 Å². The molecule has 3 heteroatoms. The number of benzene rings is 2. The van der Waals surface area contributed by atoms with Gasteiger partial charge in [-0.1, -0.05) is 58.4 Å². The highest BCUT2D eigenvalue weighted by Gasteiger charge is 2.09. The third-order valence-corrected chi connectivity index (χ3v) is 3.59. The predicted molar refractivity (Wildman–Crippen MR) is 82.0 cm³/mol. The van der Waals surface area contributed by atoms with Crippen LogP contribution in [0, 0.1) is 0 Å². The second-order valence-corrected chi connectivity index (χ2v) is 5.40. The van der Waals surface area contributed by atoms with Crippen molar-refractivity contribution in [3.63, 3.8) is 0 Å². The van der Waals surface area contributed by atoms with Gasteiger partial charge in [0.25, 0.3) is 0 Å². The monoisotopic (exact) mass is 319 g/mol. The summed E-state index contributed by atoms with van der Waals surface area (Å²) in [6, 6.07) is 18.4. The lowest BCUT2D eigenvalue weighted by molar-refractivity contribution is 0.108. The van der Waals surface area contributed by atoms with Crippen molar-refractivity contribution >= 4 is 15.9 Å². The fraction of sp³-hybridized carbons (Fsp3) is 0.250. The standard InChI is InChI=1S/C16H18BrNO/c17-16-8-6-14(7-9-16)15(10-18)12-19-11-13-4-2-1-3-5-13/h1-9,15H,10-12,18H2. The molecule has 0 heterocycles. The summed E-state index contributed by atoms with van der Waals surface area (Å²) < 4.78 is 6.85. The zero-order valence-corrected chi connectivity index (χ0v) is 12.3. The molecule has 0 saturated carbocycles. The van der Waals surface area contributed by atoms with Crippen LogP contribution in [-0.2, 0) is 11.3 Å². The average Bonchev–Trinajstić information content (AvgIpc) is 2.46. The largest absolute Gasteiger partial charge is 0.376 e. The van der Waals surface area contributed by atoms with E-state index in [1.54, 1.807) is 0 Å². The van der Waals surface area contributed by atoms with Crippen LogP contribution in [0.5, 0.6) is 0 Å². The van der Waals surface area contributed by atoms with E-state index in [0.29, 0.717) is 19.8 Å². The molecule has 0 aliphatic heterocycles. The molecule has 0 fully saturated rings. The molecule has 1 unspecified atom stereocenters. The fourth-order valence-electron chi connectivity index (χ4n) is 1.93. The number of hydrogen-bond donors (Lipinski definition) is 1. The molecule has 19 heavy (non-hydrogen) atoms. The highest BCUT2D eigenvalue weighted by atomic mass is 79.9. The molecular formula is C16H18BrNO. The van der Waals surface area contributed by atoms with E-state index in [4.69, 9.17) is 10.5 Å². The van der Waals surface area contributed by atoms with Gasteiger partial charge < -0.3 is 10.5 Å². The van der Waals surface area contributed by atoms with Gasteiger partial charge in [-0.25, -0.2) is 0 Å². The van der Waals surface area contributed by atoms with Gasteiger partial charge in [0.1, 0.15) is 0 Å². The zero-order valence-electron chi connectivity index (χ0n) is 10.8. The maximum absolute atomic E-state index is 5.83. The van der Waals surface area contributed by atoms with E-state index in [2.05, 4.69) is 40.2 Å². The fourth-order valence-corrected chi connectivity index (χ4v) is 2.19. The summed E-state index contributed by atoms with van der Waals surface area (Å²) in [6.45, 7) is 1.87. The molecule has 2 aromatic carbocycles. The zero-order chi connectivity index (χ0) is 13.5. The molecular weight excluding hydrogens is 302 g/mol. The third-order valence-electron chi connectivity index (χ3n) is 3.06. The van der Waals surface area contributed by atoms with Gasteiger partial charge in [-0.2, -0.15) is 0 Å². The van der Waals surface area contributed by atoms with Crippen LogP contribution in [0.2, 0.25) is 0 Å². The van der Waals surface area contributed by atoms with Crippen LogP contribution in [-0.4, -0.2) is 13.2 Å². The Kier molecular flexibility index (Phi) is 5.58. The minimum absolute atomic E-state index is 0.247. The second-order valence-electron chi connectivity index (χ2n) is 4.48. The Balaban J connectivity index is 1.87. The van der Waals surface area contributed by atoms with E-state index in [1.807, 2.05) is 30.3 Å². The Hall–Kier alpha value is -1.16. The van der Waals surface area contributed by atoms with Crippen molar-refractivity contribution in [1.29, 1.82) is 0 Å². The van der Waals surface area contributed by atoms with Gasteiger partial charge in [0.15, 0.2) is 0 Å². The first-order valence-electron chi connectivity index (χ1n) is 6.37. The van der Waals surface area contributed by atoms with Crippen molar-refractivity contribution in [3.05, 3.63) is 70.2 Å². The van der Waals surface area contributed by atoms with E-state index >= 15 is 0 Å². The van der Waals surface area contributed by atoms with Crippen molar-refractivity contribution in [1.82, 2.24) is 0 Å². The SMILES string of the molecule is NCC(COCc1ccccc1)c1ccc(Br)cc1. The maximum atomic E-state index is 5.83. The van der Waals surface area contributed by atoms with Crippen molar-refractivity contribution < 1.29 is 4.74 Å². The first-order valence-corrected chi connectivity index (χ1v) is 7.16. The highest BCUT2D eigenvalue weighted by molar-refractivity contribution is 9.10. The summed E-state index contributed by atoms with van der Waals surface area (Å²) in [5.74, 6) is 0.247. The summed E-state index contributed by atoms with van der Waals surface area (Å²) in [5, 5.41) is 0. The lowest BCUT2D eigenvalue weighted by atomic mass is 10.0. The predicted octanol–water partition coefficient (Wildman–Crippen LogP) is 3.71. The highest BCUT2D eigenvalue weighted by Crippen LogP contribution is 2.18. The number of rotatable bonds is 6. The average molecular weight is 320 g/mol. The van der Waals surface area contributed by atoms with E-state index < -0.39 is 0 Å². The van der Waals surface area contributed by atoms with E-state index in [0.717, 1.165) is 4.47 Å². The van der Waals surface area contributed by atoms with Crippen LogP contribution in [0.4, 0.5) is 0 Å². The molecule has 2 aromatic rings. The maximum Gasteiger partial charge on any atom is 0.0717 e. The molecule has 2 N–H and O–H groups in total. The minimum Gasteiger partial charge on any atom is -0.376 e. The van der Waals surface area contributed by atoms with Crippen LogP contribution in [0.1, 0.15) is 17.0 Å². The lowest BCUT2D eigenvalue weighted by Gasteiger charge is -2.15. The Morgan fingerprint density at radius 2 is 1.68 bits per heavy atom. The Labute approximate surface area is 122 Å². The van der Waals surface area contributed by atoms with Gasteiger partial charge in [-0.05, 0) is 23.3 Å². The first kappa shape index (κ1) is 14.3. The Morgan fingerprint density at radius 1 is 1.00 bits per heavy atom. The van der Waals surface area contributed by atoms with Gasteiger partial charge in [-0.15, -0.1) is 0 Å². The summed E-state index contributed by atoms with van der Waals surface area (Å²) in [6.07, 6.45) is 0. The molecule has 2 nitrogen and oxygen atoms in total. The number of hydrogen-bond acceptors (Lipinski definition) is 2. The molecule has 0 saturated heterocycles. The smallest absolute Gasteiger partial charge is 0.0717 e. The number of nitrogens with two attached hydrogens (primary N) is 1. The van der Waals surface area contributed by atoms with Crippen molar-refractivity contribution in [2.24, 2.45) is 5.73 Å². The minimum atomic E-state index is 0.247. The summed E-state index contributed by atoms with van der Waals surface area (Å²) >= 11 is 3.44. The van der Waals surface area contributed by atoms with Crippen LogP contribution < -0.4 is 5.73 Å². The molecule has 0 aliphatic rings. The van der Waals surface area contributed by atoms with Gasteiger partial charge in [0.2, 0.25) is 0 Å². The topological polar surface area (TPSA) is 35.2 Å². The molecule has 2 rings (SSSR count). The molecule has 100 valence electrons. The third kappa shape index (κ3) is 4.46. The molecule has 0 aliphatic carbocycles. The van der Waals surface area contributed by atoms with Gasteiger partial charge >= 0.3 is 0 Å². The van der Waals surface area contributed by atoms with Crippen LogP contribution in [0.15, 0.2) is 59.1 Å². The second kappa shape index (κ2) is 7.43. The van der Waals surface area contributed by atoms with Crippen molar-refractivity contribution in [2.75, 3.05) is 13.2 Å². The summed E-state index contributed by atoms with van der Waals surface area (Å²) in [5.41, 5.74) is 8.24. The number of halogens is 1. The molecule has 0 radical (unpaired) electrons. The normalized spacial score (nSPS) is 12.3. The first-order chi connectivity index (χ1) is 9.29. The lowest BCUT2D eigenvalue weighted by Crippen LogP contribution is -2.18. The van der Waals surface area contributed by atoms with E-state index in [1.165, 1.54) is 11.1 Å². The molecule has 1 atom stereocenters. The quantitative estimate of drug-likeness (QED) is 0.881.